The van der Waals surface area contributed by atoms with Crippen molar-refractivity contribution in [3.63, 3.8) is 0 Å². The van der Waals surface area contributed by atoms with Crippen LogP contribution in [0.2, 0.25) is 0 Å². The Bertz CT molecular complexity index is 827. The molecular weight excluding hydrogens is 436 g/mol. The number of allylic oxidation sites excluding steroid dienone is 3. The molecule has 0 bridgehead atoms. The Morgan fingerprint density at radius 2 is 1.94 bits per heavy atom. The Kier molecular flexibility index (Phi) is 8.61. The number of ether oxygens (including phenoxy) is 3. The fraction of sp³-hybridized carbons (Fsp3) is 0.741. The predicted molar refractivity (Wildman–Crippen MR) is 126 cm³/mol. The largest absolute Gasteiger partial charge is 0.466 e. The molecule has 1 aliphatic heterocycles. The molecule has 0 aromatic rings. The second-order valence-corrected chi connectivity index (χ2v) is 11.0. The molecule has 0 spiro atoms. The number of aliphatic hydroxyl groups excluding tert-OH is 1. The zero-order valence-electron chi connectivity index (χ0n) is 21.1. The van der Waals surface area contributed by atoms with Gasteiger partial charge in [0.05, 0.1) is 24.5 Å². The molecule has 7 nitrogen and oxygen atoms in total. The van der Waals surface area contributed by atoms with Gasteiger partial charge in [-0.3, -0.25) is 14.4 Å². The number of fused-ring (bicyclic) bond motifs is 1. The number of carbonyl (C=O) groups is 3. The second kappa shape index (κ2) is 11.1. The topological polar surface area (TPSA) is 99.1 Å². The number of carbonyl (C=O) groups excluding carboxylic acids is 3. The summed E-state index contributed by atoms with van der Waals surface area (Å²) < 4.78 is 16.7. The molecule has 0 amide bonds. The van der Waals surface area contributed by atoms with Crippen LogP contribution in [-0.4, -0.2) is 47.9 Å². The maximum Gasteiger partial charge on any atom is 0.311 e. The highest BCUT2D eigenvalue weighted by Crippen LogP contribution is 2.45. The lowest BCUT2D eigenvalue weighted by Crippen LogP contribution is -2.43. The SMILES string of the molecule is CC(=O)OCCC(C)(C)C(=O)O[C@H]1C[C@@H](C)C=C2C=C[C@H](C)[C@H](CC[C@@H]3C[C@@H](O)CC(=O)O3)[C@H]21. The summed E-state index contributed by atoms with van der Waals surface area (Å²) in [6, 6.07) is 0. The van der Waals surface area contributed by atoms with Gasteiger partial charge in [0.25, 0.3) is 0 Å². The van der Waals surface area contributed by atoms with Crippen LogP contribution >= 0.6 is 0 Å². The summed E-state index contributed by atoms with van der Waals surface area (Å²) in [5.74, 6) is -0.0722. The number of hydrogen-bond acceptors (Lipinski definition) is 7. The van der Waals surface area contributed by atoms with Crippen molar-refractivity contribution in [3.05, 3.63) is 23.8 Å². The van der Waals surface area contributed by atoms with Gasteiger partial charge >= 0.3 is 17.9 Å². The van der Waals surface area contributed by atoms with Gasteiger partial charge in [0, 0.05) is 19.3 Å². The minimum atomic E-state index is -0.766. The molecular formula is C27H40O7. The first-order valence-corrected chi connectivity index (χ1v) is 12.6. The van der Waals surface area contributed by atoms with E-state index < -0.39 is 11.5 Å². The maximum absolute atomic E-state index is 13.2. The van der Waals surface area contributed by atoms with Crippen LogP contribution < -0.4 is 0 Å². The average molecular weight is 477 g/mol. The van der Waals surface area contributed by atoms with Crippen LogP contribution in [0.5, 0.6) is 0 Å². The third-order valence-corrected chi connectivity index (χ3v) is 7.50. The lowest BCUT2D eigenvalue weighted by atomic mass is 9.65. The van der Waals surface area contributed by atoms with E-state index in [1.54, 1.807) is 0 Å². The van der Waals surface area contributed by atoms with E-state index in [0.717, 1.165) is 12.8 Å². The molecule has 1 N–H and O–H groups in total. The molecule has 1 saturated heterocycles. The number of cyclic esters (lactones) is 1. The first-order chi connectivity index (χ1) is 16.0. The van der Waals surface area contributed by atoms with Crippen molar-refractivity contribution >= 4 is 17.9 Å². The summed E-state index contributed by atoms with van der Waals surface area (Å²) in [6.07, 6.45) is 8.70. The van der Waals surface area contributed by atoms with Crippen molar-refractivity contribution < 1.29 is 33.7 Å². The highest BCUT2D eigenvalue weighted by atomic mass is 16.6. The molecule has 0 unspecified atom stereocenters. The van der Waals surface area contributed by atoms with E-state index in [2.05, 4.69) is 32.1 Å². The summed E-state index contributed by atoms with van der Waals surface area (Å²) in [6.45, 7) is 9.51. The smallest absolute Gasteiger partial charge is 0.311 e. The van der Waals surface area contributed by atoms with Gasteiger partial charge in [-0.05, 0) is 62.9 Å². The van der Waals surface area contributed by atoms with E-state index >= 15 is 0 Å². The third kappa shape index (κ3) is 6.71. The normalized spacial score (nSPS) is 33.4. The lowest BCUT2D eigenvalue weighted by molar-refractivity contribution is -0.167. The van der Waals surface area contributed by atoms with Gasteiger partial charge in [-0.15, -0.1) is 0 Å². The van der Waals surface area contributed by atoms with Gasteiger partial charge in [-0.1, -0.05) is 32.1 Å². The van der Waals surface area contributed by atoms with Crippen molar-refractivity contribution in [2.75, 3.05) is 6.61 Å². The van der Waals surface area contributed by atoms with Crippen molar-refractivity contribution in [1.29, 1.82) is 0 Å². The van der Waals surface area contributed by atoms with Gasteiger partial charge in [0.15, 0.2) is 0 Å². The van der Waals surface area contributed by atoms with Crippen molar-refractivity contribution in [2.24, 2.45) is 29.1 Å². The van der Waals surface area contributed by atoms with E-state index in [-0.39, 0.29) is 60.9 Å². The standard InChI is InChI=1S/C27H40O7/c1-16-12-19-7-6-17(2)22(9-8-21-14-20(29)15-24(30)33-21)25(19)23(13-16)34-26(31)27(4,5)10-11-32-18(3)28/h6-7,12,16-17,20-23,25,29H,8-11,13-15H2,1-5H3/t16-,17-,20+,21+,22-,23-,25-/m0/s1. The molecule has 0 radical (unpaired) electrons. The second-order valence-electron chi connectivity index (χ2n) is 11.0. The molecule has 3 aliphatic rings. The van der Waals surface area contributed by atoms with E-state index in [1.165, 1.54) is 12.5 Å². The fourth-order valence-electron chi connectivity index (χ4n) is 5.49. The van der Waals surface area contributed by atoms with Crippen molar-refractivity contribution in [3.8, 4) is 0 Å². The summed E-state index contributed by atoms with van der Waals surface area (Å²) in [5.41, 5.74) is 0.441. The Hall–Kier alpha value is -2.15. The molecule has 0 aromatic heterocycles. The van der Waals surface area contributed by atoms with Crippen molar-refractivity contribution in [1.82, 2.24) is 0 Å². The van der Waals surface area contributed by atoms with E-state index in [4.69, 9.17) is 14.2 Å². The number of rotatable bonds is 8. The van der Waals surface area contributed by atoms with Gasteiger partial charge in [0.2, 0.25) is 0 Å². The van der Waals surface area contributed by atoms with Crippen LogP contribution in [-0.2, 0) is 28.6 Å². The molecule has 0 aromatic carbocycles. The highest BCUT2D eigenvalue weighted by molar-refractivity contribution is 5.76. The first kappa shape index (κ1) is 26.5. The van der Waals surface area contributed by atoms with E-state index in [9.17, 15) is 19.5 Å². The van der Waals surface area contributed by atoms with E-state index in [0.29, 0.717) is 25.2 Å². The molecule has 7 atom stereocenters. The van der Waals surface area contributed by atoms with Crippen LogP contribution in [0.25, 0.3) is 0 Å². The number of esters is 3. The van der Waals surface area contributed by atoms with Gasteiger partial charge in [0.1, 0.15) is 12.2 Å². The van der Waals surface area contributed by atoms with Crippen LogP contribution in [0.3, 0.4) is 0 Å². The summed E-state index contributed by atoms with van der Waals surface area (Å²) >= 11 is 0. The summed E-state index contributed by atoms with van der Waals surface area (Å²) in [7, 11) is 0. The summed E-state index contributed by atoms with van der Waals surface area (Å²) in [5, 5.41) is 9.96. The van der Waals surface area contributed by atoms with Gasteiger partial charge in [-0.25, -0.2) is 0 Å². The molecule has 7 heteroatoms. The van der Waals surface area contributed by atoms with Gasteiger partial charge in [-0.2, -0.15) is 0 Å². The average Bonchev–Trinajstić information content (AvgIpc) is 2.72. The zero-order chi connectivity index (χ0) is 25.0. The van der Waals surface area contributed by atoms with E-state index in [1.807, 2.05) is 13.8 Å². The first-order valence-electron chi connectivity index (χ1n) is 12.6. The lowest BCUT2D eigenvalue weighted by Gasteiger charge is -2.44. The van der Waals surface area contributed by atoms with Gasteiger partial charge < -0.3 is 19.3 Å². The van der Waals surface area contributed by atoms with Crippen LogP contribution in [0.1, 0.15) is 73.1 Å². The Balaban J connectivity index is 1.71. The van der Waals surface area contributed by atoms with Crippen molar-refractivity contribution in [2.45, 2.75) is 91.5 Å². The molecule has 1 fully saturated rings. The molecule has 34 heavy (non-hydrogen) atoms. The van der Waals surface area contributed by atoms with Crippen LogP contribution in [0.15, 0.2) is 23.8 Å². The zero-order valence-corrected chi connectivity index (χ0v) is 21.1. The minimum absolute atomic E-state index is 0.0672. The van der Waals surface area contributed by atoms with Crippen LogP contribution in [0.4, 0.5) is 0 Å². The molecule has 3 rings (SSSR count). The van der Waals surface area contributed by atoms with Crippen LogP contribution in [0, 0.1) is 29.1 Å². The minimum Gasteiger partial charge on any atom is -0.466 e. The highest BCUT2D eigenvalue weighted by Gasteiger charge is 2.43. The molecule has 190 valence electrons. The molecule has 1 heterocycles. The Morgan fingerprint density at radius 3 is 2.62 bits per heavy atom. The Morgan fingerprint density at radius 1 is 1.21 bits per heavy atom. The monoisotopic (exact) mass is 476 g/mol. The summed E-state index contributed by atoms with van der Waals surface area (Å²) in [4.78, 5) is 36.0. The maximum atomic E-state index is 13.2. The number of aliphatic hydroxyl groups is 1. The molecule has 2 aliphatic carbocycles. The quantitative estimate of drug-likeness (QED) is 0.415. The Labute approximate surface area is 202 Å². The third-order valence-electron chi connectivity index (χ3n) is 7.50. The number of hydrogen-bond donors (Lipinski definition) is 1. The predicted octanol–water partition coefficient (Wildman–Crippen LogP) is 4.13. The fourth-order valence-corrected chi connectivity index (χ4v) is 5.49. The molecule has 0 saturated carbocycles.